The predicted octanol–water partition coefficient (Wildman–Crippen LogP) is 13.1. The van der Waals surface area contributed by atoms with Gasteiger partial charge in [-0.2, -0.15) is 0 Å². The van der Waals surface area contributed by atoms with Crippen molar-refractivity contribution in [2.75, 3.05) is 0 Å². The number of aryl methyl sites for hydroxylation is 2. The molecule has 0 amide bonds. The molecule has 0 atom stereocenters. The van der Waals surface area contributed by atoms with E-state index < -0.39 is 0 Å². The summed E-state index contributed by atoms with van der Waals surface area (Å²) in [5.74, 6) is 0. The summed E-state index contributed by atoms with van der Waals surface area (Å²) in [6, 6.07) is 54.0. The minimum absolute atomic E-state index is 0.123. The highest BCUT2D eigenvalue weighted by atomic mass is 14.4. The van der Waals surface area contributed by atoms with E-state index in [0.717, 1.165) is 25.7 Å². The van der Waals surface area contributed by atoms with Crippen molar-refractivity contribution in [2.45, 2.75) is 58.8 Å². The zero-order chi connectivity index (χ0) is 33.8. The van der Waals surface area contributed by atoms with Crippen molar-refractivity contribution in [1.82, 2.24) is 0 Å². The van der Waals surface area contributed by atoms with Gasteiger partial charge in [0, 0.05) is 5.41 Å². The van der Waals surface area contributed by atoms with Crippen LogP contribution in [-0.4, -0.2) is 0 Å². The second-order valence-corrected chi connectivity index (χ2v) is 14.0. The number of benzene rings is 6. The van der Waals surface area contributed by atoms with Crippen molar-refractivity contribution in [1.29, 1.82) is 0 Å². The lowest BCUT2D eigenvalue weighted by atomic mass is 9.81. The molecule has 0 bridgehead atoms. The van der Waals surface area contributed by atoms with Crippen molar-refractivity contribution in [3.63, 3.8) is 0 Å². The Labute approximate surface area is 293 Å². The fourth-order valence-corrected chi connectivity index (χ4v) is 7.47. The van der Waals surface area contributed by atoms with Crippen LogP contribution in [-0.2, 0) is 18.3 Å². The van der Waals surface area contributed by atoms with Crippen LogP contribution < -0.4 is 0 Å². The Balaban J connectivity index is 1.26. The van der Waals surface area contributed by atoms with E-state index in [0.29, 0.717) is 0 Å². The van der Waals surface area contributed by atoms with E-state index in [1.165, 1.54) is 77.9 Å². The van der Waals surface area contributed by atoms with Gasteiger partial charge in [-0.3, -0.25) is 0 Å². The molecule has 0 unspecified atom stereocenters. The zero-order valence-corrected chi connectivity index (χ0v) is 29.3. The monoisotopic (exact) mass is 634 g/mol. The Bertz CT molecular complexity index is 1950. The van der Waals surface area contributed by atoms with Crippen LogP contribution in [0.25, 0.3) is 34.4 Å². The summed E-state index contributed by atoms with van der Waals surface area (Å²) < 4.78 is 0. The van der Waals surface area contributed by atoms with E-state index in [1.54, 1.807) is 0 Å². The smallest absolute Gasteiger partial charge is 0.0159 e. The fraction of sp³-hybridized carbons (Fsp3) is 0.184. The molecule has 0 saturated carbocycles. The zero-order valence-electron chi connectivity index (χ0n) is 29.3. The summed E-state index contributed by atoms with van der Waals surface area (Å²) >= 11 is 0. The number of hydrogen-bond donors (Lipinski definition) is 0. The molecule has 1 aliphatic carbocycles. The molecule has 0 radical (unpaired) electrons. The molecular weight excluding hydrogens is 589 g/mol. The number of fused-ring (bicyclic) bond motifs is 3. The van der Waals surface area contributed by atoms with E-state index in [9.17, 15) is 0 Å². The molecule has 242 valence electrons. The Morgan fingerprint density at radius 1 is 0.449 bits per heavy atom. The third kappa shape index (κ3) is 6.74. The van der Waals surface area contributed by atoms with Crippen LogP contribution in [0.15, 0.2) is 146 Å². The summed E-state index contributed by atoms with van der Waals surface area (Å²) in [6.45, 7) is 9.24. The van der Waals surface area contributed by atoms with E-state index in [4.69, 9.17) is 0 Å². The highest BCUT2D eigenvalue weighted by molar-refractivity contribution is 5.94. The Morgan fingerprint density at radius 2 is 0.816 bits per heavy atom. The van der Waals surface area contributed by atoms with Crippen molar-refractivity contribution in [3.05, 3.63) is 201 Å². The van der Waals surface area contributed by atoms with Gasteiger partial charge in [-0.25, -0.2) is 0 Å². The number of hydrogen-bond acceptors (Lipinski definition) is 0. The van der Waals surface area contributed by atoms with E-state index in [2.05, 4.69) is 185 Å². The van der Waals surface area contributed by atoms with Gasteiger partial charge in [0.15, 0.2) is 0 Å². The maximum atomic E-state index is 2.42. The molecule has 0 fully saturated rings. The summed E-state index contributed by atoms with van der Waals surface area (Å²) in [5, 5.41) is 0. The molecule has 0 spiro atoms. The van der Waals surface area contributed by atoms with Crippen LogP contribution in [0.3, 0.4) is 0 Å². The maximum absolute atomic E-state index is 2.42. The second kappa shape index (κ2) is 14.1. The first kappa shape index (κ1) is 32.4. The minimum Gasteiger partial charge on any atom is -0.0651 e. The van der Waals surface area contributed by atoms with Crippen LogP contribution in [0.5, 0.6) is 0 Å². The lowest BCUT2D eigenvalue weighted by Gasteiger charge is -2.22. The van der Waals surface area contributed by atoms with E-state index in [1.807, 2.05) is 0 Å². The molecule has 49 heavy (non-hydrogen) atoms. The standard InChI is InChI=1S/C49H46/c1-5-13-35-19-25-41(26-20-35)45(39-15-9-7-10-16-39)31-37-23-29-43-44-30-24-38(34-48(44)49(3,4)47(43)33-37)32-46(40-17-11-8-12-18-40)42-27-21-36(14-6-2)22-28-42/h7-12,15-34H,5-6,13-14H2,1-4H3/b45-31+,46-32+. The van der Waals surface area contributed by atoms with Crippen molar-refractivity contribution >= 4 is 23.3 Å². The molecule has 0 aromatic heterocycles. The second-order valence-electron chi connectivity index (χ2n) is 14.0. The van der Waals surface area contributed by atoms with Crippen LogP contribution in [0, 0.1) is 0 Å². The van der Waals surface area contributed by atoms with Crippen LogP contribution in [0.4, 0.5) is 0 Å². The molecule has 0 aliphatic heterocycles. The molecule has 0 nitrogen and oxygen atoms in total. The molecular formula is C49H46. The molecule has 0 heteroatoms. The average molecular weight is 635 g/mol. The first-order valence-electron chi connectivity index (χ1n) is 18.0. The highest BCUT2D eigenvalue weighted by Crippen LogP contribution is 2.49. The lowest BCUT2D eigenvalue weighted by molar-refractivity contribution is 0.660. The topological polar surface area (TPSA) is 0 Å². The van der Waals surface area contributed by atoms with Gasteiger partial charge in [-0.05, 0) is 103 Å². The van der Waals surface area contributed by atoms with Crippen molar-refractivity contribution < 1.29 is 0 Å². The van der Waals surface area contributed by atoms with Crippen molar-refractivity contribution in [3.8, 4) is 11.1 Å². The number of rotatable bonds is 10. The average Bonchev–Trinajstić information content (AvgIpc) is 3.36. The largest absolute Gasteiger partial charge is 0.0651 e. The van der Waals surface area contributed by atoms with Gasteiger partial charge in [0.1, 0.15) is 0 Å². The summed E-state index contributed by atoms with van der Waals surface area (Å²) in [4.78, 5) is 0. The lowest BCUT2D eigenvalue weighted by Crippen LogP contribution is -2.15. The van der Waals surface area contributed by atoms with E-state index in [-0.39, 0.29) is 5.41 Å². The minimum atomic E-state index is -0.123. The molecule has 7 rings (SSSR count). The predicted molar refractivity (Wildman–Crippen MR) is 212 cm³/mol. The first-order chi connectivity index (χ1) is 23.9. The Hall–Kier alpha value is -5.20. The summed E-state index contributed by atoms with van der Waals surface area (Å²) in [7, 11) is 0. The van der Waals surface area contributed by atoms with Gasteiger partial charge in [0.25, 0.3) is 0 Å². The molecule has 6 aromatic carbocycles. The van der Waals surface area contributed by atoms with Crippen LogP contribution in [0.1, 0.15) is 96.2 Å². The normalized spacial score (nSPS) is 13.6. The summed E-state index contributed by atoms with van der Waals surface area (Å²) in [6.07, 6.45) is 9.29. The SMILES string of the molecule is CCCc1ccc(/C(=C/c2ccc3c(c2)C(C)(C)c2cc(/C=C(\c4ccccc4)c4ccc(CCC)cc4)ccc2-3)c2ccccc2)cc1. The first-order valence-corrected chi connectivity index (χ1v) is 18.0. The fourth-order valence-electron chi connectivity index (χ4n) is 7.47. The quantitative estimate of drug-likeness (QED) is 0.132. The van der Waals surface area contributed by atoms with Crippen LogP contribution >= 0.6 is 0 Å². The van der Waals surface area contributed by atoms with Crippen LogP contribution in [0.2, 0.25) is 0 Å². The summed E-state index contributed by atoms with van der Waals surface area (Å²) in [5.41, 5.74) is 18.1. The molecule has 6 aromatic rings. The van der Waals surface area contributed by atoms with Gasteiger partial charge < -0.3 is 0 Å². The third-order valence-corrected chi connectivity index (χ3v) is 10.1. The molecule has 1 aliphatic rings. The van der Waals surface area contributed by atoms with E-state index >= 15 is 0 Å². The molecule has 0 saturated heterocycles. The Kier molecular flexibility index (Phi) is 9.32. The highest BCUT2D eigenvalue weighted by Gasteiger charge is 2.35. The Morgan fingerprint density at radius 3 is 1.18 bits per heavy atom. The third-order valence-electron chi connectivity index (χ3n) is 10.1. The van der Waals surface area contributed by atoms with Crippen molar-refractivity contribution in [2.24, 2.45) is 0 Å². The van der Waals surface area contributed by atoms with Gasteiger partial charge in [0.05, 0.1) is 0 Å². The van der Waals surface area contributed by atoms with Gasteiger partial charge in [-0.15, -0.1) is 0 Å². The van der Waals surface area contributed by atoms with Gasteiger partial charge in [0.2, 0.25) is 0 Å². The molecule has 0 heterocycles. The molecule has 0 N–H and O–H groups in total. The van der Waals surface area contributed by atoms with Gasteiger partial charge in [-0.1, -0.05) is 186 Å². The maximum Gasteiger partial charge on any atom is 0.0159 e. The van der Waals surface area contributed by atoms with Gasteiger partial charge >= 0.3 is 0 Å².